The van der Waals surface area contributed by atoms with Crippen molar-refractivity contribution in [3.05, 3.63) is 35.9 Å². The fourth-order valence-electron chi connectivity index (χ4n) is 1.73. The molecule has 100 valence electrons. The number of aliphatic carboxylic acids is 1. The van der Waals surface area contributed by atoms with Gasteiger partial charge in [0, 0.05) is 5.39 Å². The second-order valence-electron chi connectivity index (χ2n) is 4.78. The third-order valence-corrected chi connectivity index (χ3v) is 2.98. The van der Waals surface area contributed by atoms with E-state index >= 15 is 0 Å². The summed E-state index contributed by atoms with van der Waals surface area (Å²) in [6.45, 7) is 3.03. The predicted octanol–water partition coefficient (Wildman–Crippen LogP) is 1.79. The average Bonchev–Trinajstić information content (AvgIpc) is 2.36. The monoisotopic (exact) mass is 260 g/mol. The largest absolute Gasteiger partial charge is 0.479 e. The number of aryl methyl sites for hydroxylation is 1. The van der Waals surface area contributed by atoms with Crippen molar-refractivity contribution in [1.29, 1.82) is 0 Å². The second-order valence-corrected chi connectivity index (χ2v) is 4.78. The van der Waals surface area contributed by atoms with Crippen molar-refractivity contribution in [2.24, 2.45) is 0 Å². The predicted molar refractivity (Wildman–Crippen MR) is 73.2 cm³/mol. The minimum atomic E-state index is -1.82. The van der Waals surface area contributed by atoms with Gasteiger partial charge in [-0.3, -0.25) is 0 Å². The number of carbonyl (C=O) groups is 1. The number of nitrogens with one attached hydrogen (secondary N) is 1. The summed E-state index contributed by atoms with van der Waals surface area (Å²) < 4.78 is 0. The second kappa shape index (κ2) is 4.85. The van der Waals surface area contributed by atoms with E-state index in [2.05, 4.69) is 10.3 Å². The van der Waals surface area contributed by atoms with Crippen molar-refractivity contribution >= 4 is 22.7 Å². The first-order chi connectivity index (χ1) is 8.90. The smallest absolute Gasteiger partial charge is 0.337 e. The van der Waals surface area contributed by atoms with Gasteiger partial charge >= 0.3 is 5.97 Å². The number of carboxylic acids is 1. The molecule has 3 N–H and O–H groups in total. The summed E-state index contributed by atoms with van der Waals surface area (Å²) in [6, 6.07) is 9.65. The van der Waals surface area contributed by atoms with Gasteiger partial charge in [-0.15, -0.1) is 0 Å². The molecule has 5 nitrogen and oxygen atoms in total. The van der Waals surface area contributed by atoms with Gasteiger partial charge in [-0.25, -0.2) is 9.78 Å². The Balaban J connectivity index is 2.26. The number of aliphatic hydroxyl groups is 1. The molecule has 0 aliphatic heterocycles. The zero-order valence-corrected chi connectivity index (χ0v) is 10.8. The number of aromatic nitrogens is 1. The Morgan fingerprint density at radius 2 is 2.11 bits per heavy atom. The van der Waals surface area contributed by atoms with Crippen LogP contribution in [0.3, 0.4) is 0 Å². The minimum Gasteiger partial charge on any atom is -0.479 e. The van der Waals surface area contributed by atoms with Gasteiger partial charge in [0.05, 0.1) is 12.1 Å². The molecule has 0 fully saturated rings. The zero-order chi connectivity index (χ0) is 14.0. The Morgan fingerprint density at radius 3 is 2.79 bits per heavy atom. The lowest BCUT2D eigenvalue weighted by Gasteiger charge is -2.19. The van der Waals surface area contributed by atoms with Crippen LogP contribution in [0.1, 0.15) is 12.5 Å². The van der Waals surface area contributed by atoms with E-state index in [1.165, 1.54) is 6.92 Å². The molecule has 0 spiro atoms. The Kier molecular flexibility index (Phi) is 3.40. The van der Waals surface area contributed by atoms with Crippen LogP contribution in [0.25, 0.3) is 10.9 Å². The van der Waals surface area contributed by atoms with Crippen LogP contribution >= 0.6 is 0 Å². The Labute approximate surface area is 110 Å². The molecule has 1 unspecified atom stereocenters. The number of hydrogen-bond acceptors (Lipinski definition) is 4. The van der Waals surface area contributed by atoms with Crippen molar-refractivity contribution in [3.63, 3.8) is 0 Å². The van der Waals surface area contributed by atoms with Crippen LogP contribution in [0, 0.1) is 6.92 Å². The molecule has 1 heterocycles. The minimum absolute atomic E-state index is 0.103. The summed E-state index contributed by atoms with van der Waals surface area (Å²) in [5.41, 5.74) is -0.0924. The quantitative estimate of drug-likeness (QED) is 0.780. The Morgan fingerprint density at radius 1 is 1.42 bits per heavy atom. The van der Waals surface area contributed by atoms with Crippen molar-refractivity contribution in [2.75, 3.05) is 11.9 Å². The maximum absolute atomic E-state index is 10.8. The summed E-state index contributed by atoms with van der Waals surface area (Å²) in [5, 5.41) is 22.4. The molecule has 0 bridgehead atoms. The highest BCUT2D eigenvalue weighted by Crippen LogP contribution is 2.20. The fourth-order valence-corrected chi connectivity index (χ4v) is 1.73. The van der Waals surface area contributed by atoms with Crippen LogP contribution in [-0.4, -0.2) is 33.3 Å². The topological polar surface area (TPSA) is 82.5 Å². The molecule has 0 aliphatic carbocycles. The van der Waals surface area contributed by atoms with E-state index in [0.29, 0.717) is 5.82 Å². The maximum atomic E-state index is 10.8. The number of anilines is 1. The number of rotatable bonds is 4. The highest BCUT2D eigenvalue weighted by Gasteiger charge is 2.29. The lowest BCUT2D eigenvalue weighted by molar-refractivity contribution is -0.155. The van der Waals surface area contributed by atoms with Crippen LogP contribution < -0.4 is 5.32 Å². The van der Waals surface area contributed by atoms with Gasteiger partial charge in [0.25, 0.3) is 0 Å². The number of pyridine rings is 1. The van der Waals surface area contributed by atoms with Gasteiger partial charge in [-0.1, -0.05) is 18.2 Å². The Bertz CT molecular complexity index is 623. The van der Waals surface area contributed by atoms with Crippen molar-refractivity contribution in [3.8, 4) is 0 Å². The van der Waals surface area contributed by atoms with Gasteiger partial charge in [-0.05, 0) is 31.5 Å². The van der Waals surface area contributed by atoms with Crippen molar-refractivity contribution in [2.45, 2.75) is 19.4 Å². The summed E-state index contributed by atoms with van der Waals surface area (Å²) in [5.74, 6) is -0.682. The maximum Gasteiger partial charge on any atom is 0.337 e. The molecule has 2 rings (SSSR count). The van der Waals surface area contributed by atoms with Gasteiger partial charge in [0.15, 0.2) is 5.60 Å². The first kappa shape index (κ1) is 13.3. The first-order valence-corrected chi connectivity index (χ1v) is 5.96. The van der Waals surface area contributed by atoms with Crippen molar-refractivity contribution in [1.82, 2.24) is 4.98 Å². The fraction of sp³-hybridized carbons (Fsp3) is 0.286. The van der Waals surface area contributed by atoms with E-state index in [1.807, 2.05) is 37.3 Å². The van der Waals surface area contributed by atoms with E-state index in [9.17, 15) is 9.90 Å². The van der Waals surface area contributed by atoms with Crippen LogP contribution in [0.5, 0.6) is 0 Å². The SMILES string of the molecule is Cc1cc2ccccc2nc1NCC(C)(O)C(=O)O. The lowest BCUT2D eigenvalue weighted by Crippen LogP contribution is -2.42. The number of benzene rings is 1. The van der Waals surface area contributed by atoms with E-state index in [1.54, 1.807) is 0 Å². The number of nitrogens with zero attached hydrogens (tertiary/aromatic N) is 1. The molecule has 1 aromatic carbocycles. The molecule has 19 heavy (non-hydrogen) atoms. The highest BCUT2D eigenvalue weighted by atomic mass is 16.4. The van der Waals surface area contributed by atoms with E-state index in [0.717, 1.165) is 16.5 Å². The number of carboxylic acid groups (broad SMARTS) is 1. The van der Waals surface area contributed by atoms with Gasteiger partial charge in [0.1, 0.15) is 5.82 Å². The first-order valence-electron chi connectivity index (χ1n) is 5.96. The van der Waals surface area contributed by atoms with E-state index in [4.69, 9.17) is 5.11 Å². The molecule has 2 aromatic rings. The lowest BCUT2D eigenvalue weighted by atomic mass is 10.1. The molecule has 0 amide bonds. The molecule has 1 atom stereocenters. The molecule has 0 radical (unpaired) electrons. The van der Waals surface area contributed by atoms with Crippen LogP contribution in [0.2, 0.25) is 0 Å². The standard InChI is InChI=1S/C14H16N2O3/c1-9-7-10-5-3-4-6-11(10)16-12(9)15-8-14(2,19)13(17)18/h3-7,19H,8H2,1-2H3,(H,15,16)(H,17,18). The average molecular weight is 260 g/mol. The van der Waals surface area contributed by atoms with Gasteiger partial charge in [-0.2, -0.15) is 0 Å². The number of hydrogen-bond donors (Lipinski definition) is 3. The Hall–Kier alpha value is -2.14. The molecular formula is C14H16N2O3. The van der Waals surface area contributed by atoms with Crippen LogP contribution in [0.15, 0.2) is 30.3 Å². The molecule has 0 aliphatic rings. The summed E-state index contributed by atoms with van der Waals surface area (Å²) in [7, 11) is 0. The molecule has 0 saturated heterocycles. The summed E-state index contributed by atoms with van der Waals surface area (Å²) >= 11 is 0. The molecule has 5 heteroatoms. The third-order valence-electron chi connectivity index (χ3n) is 2.98. The van der Waals surface area contributed by atoms with Crippen LogP contribution in [-0.2, 0) is 4.79 Å². The van der Waals surface area contributed by atoms with Gasteiger partial charge in [0.2, 0.25) is 0 Å². The number of fused-ring (bicyclic) bond motifs is 1. The molecule has 1 aromatic heterocycles. The normalized spacial score (nSPS) is 14.1. The summed E-state index contributed by atoms with van der Waals surface area (Å²) in [4.78, 5) is 15.3. The van der Waals surface area contributed by atoms with Crippen molar-refractivity contribution < 1.29 is 15.0 Å². The van der Waals surface area contributed by atoms with E-state index in [-0.39, 0.29) is 6.54 Å². The third kappa shape index (κ3) is 2.82. The highest BCUT2D eigenvalue weighted by molar-refractivity contribution is 5.82. The molecule has 0 saturated carbocycles. The number of para-hydroxylation sites is 1. The van der Waals surface area contributed by atoms with Gasteiger partial charge < -0.3 is 15.5 Å². The zero-order valence-electron chi connectivity index (χ0n) is 10.8. The van der Waals surface area contributed by atoms with Crippen LogP contribution in [0.4, 0.5) is 5.82 Å². The van der Waals surface area contributed by atoms with E-state index < -0.39 is 11.6 Å². The summed E-state index contributed by atoms with van der Waals surface area (Å²) in [6.07, 6.45) is 0. The molecular weight excluding hydrogens is 244 g/mol.